The van der Waals surface area contributed by atoms with Gasteiger partial charge in [0.25, 0.3) is 0 Å². The first-order valence-corrected chi connectivity index (χ1v) is 7.07. The molecule has 0 aromatic rings. The second kappa shape index (κ2) is 5.86. The molecular weight excluding hydrogens is 196 g/mol. The molecule has 2 rings (SSSR count). The van der Waals surface area contributed by atoms with Crippen molar-refractivity contribution in [1.29, 1.82) is 0 Å². The maximum absolute atomic E-state index is 9.14. The van der Waals surface area contributed by atoms with Gasteiger partial charge >= 0.3 is 0 Å². The van der Waals surface area contributed by atoms with Crippen molar-refractivity contribution in [2.45, 2.75) is 51.4 Å². The molecule has 0 unspecified atom stereocenters. The van der Waals surface area contributed by atoms with Crippen LogP contribution in [-0.4, -0.2) is 11.7 Å². The van der Waals surface area contributed by atoms with Gasteiger partial charge in [0.05, 0.1) is 0 Å². The molecule has 1 nitrogen and oxygen atoms in total. The lowest BCUT2D eigenvalue weighted by Gasteiger charge is -2.37. The van der Waals surface area contributed by atoms with Crippen LogP contribution in [0.3, 0.4) is 0 Å². The van der Waals surface area contributed by atoms with Crippen molar-refractivity contribution in [3.05, 3.63) is 12.7 Å². The summed E-state index contributed by atoms with van der Waals surface area (Å²) in [7, 11) is 0. The summed E-state index contributed by atoms with van der Waals surface area (Å²) in [6.07, 6.45) is 13.0. The van der Waals surface area contributed by atoms with E-state index in [-0.39, 0.29) is 0 Å². The van der Waals surface area contributed by atoms with Gasteiger partial charge in [-0.05, 0) is 75.0 Å². The van der Waals surface area contributed by atoms with Crippen LogP contribution in [0.15, 0.2) is 12.7 Å². The summed E-state index contributed by atoms with van der Waals surface area (Å²) < 4.78 is 0. The molecule has 0 spiro atoms. The molecule has 0 saturated heterocycles. The van der Waals surface area contributed by atoms with E-state index in [0.29, 0.717) is 12.5 Å². The fraction of sp³-hybridized carbons (Fsp3) is 0.867. The first-order chi connectivity index (χ1) is 7.83. The van der Waals surface area contributed by atoms with Crippen molar-refractivity contribution < 1.29 is 5.11 Å². The summed E-state index contributed by atoms with van der Waals surface area (Å²) in [4.78, 5) is 0. The standard InChI is InChI=1S/C15H26O/c1-2-12-3-7-14(8-4-12)15-9-5-13(11-16)6-10-15/h2,12-16H,1,3-11H2. The third-order valence-electron chi connectivity index (χ3n) is 4.97. The van der Waals surface area contributed by atoms with Gasteiger partial charge in [0, 0.05) is 6.61 Å². The Morgan fingerprint density at radius 3 is 1.81 bits per heavy atom. The number of aliphatic hydroxyl groups is 1. The molecular formula is C15H26O. The molecule has 0 bridgehead atoms. The number of aliphatic hydroxyl groups excluding tert-OH is 1. The molecule has 2 saturated carbocycles. The minimum Gasteiger partial charge on any atom is -0.396 e. The molecule has 0 radical (unpaired) electrons. The molecule has 1 heteroatoms. The molecule has 2 aliphatic rings. The van der Waals surface area contributed by atoms with Gasteiger partial charge in [-0.2, -0.15) is 0 Å². The fourth-order valence-electron chi connectivity index (χ4n) is 3.69. The molecule has 0 heterocycles. The lowest BCUT2D eigenvalue weighted by Crippen LogP contribution is -2.26. The lowest BCUT2D eigenvalue weighted by molar-refractivity contribution is 0.122. The van der Waals surface area contributed by atoms with E-state index in [1.807, 2.05) is 0 Å². The second-order valence-electron chi connectivity index (χ2n) is 5.87. The molecule has 0 amide bonds. The molecule has 0 aromatic carbocycles. The zero-order chi connectivity index (χ0) is 11.4. The van der Waals surface area contributed by atoms with Gasteiger partial charge < -0.3 is 5.11 Å². The highest BCUT2D eigenvalue weighted by Crippen LogP contribution is 2.41. The third kappa shape index (κ3) is 2.88. The number of hydrogen-bond acceptors (Lipinski definition) is 1. The Bertz CT molecular complexity index is 207. The average Bonchev–Trinajstić information content (AvgIpc) is 2.39. The van der Waals surface area contributed by atoms with E-state index in [1.165, 1.54) is 51.4 Å². The van der Waals surface area contributed by atoms with Gasteiger partial charge in [-0.3, -0.25) is 0 Å². The predicted molar refractivity (Wildman–Crippen MR) is 68.2 cm³/mol. The van der Waals surface area contributed by atoms with Gasteiger partial charge in [-0.1, -0.05) is 6.08 Å². The molecule has 92 valence electrons. The highest BCUT2D eigenvalue weighted by Gasteiger charge is 2.29. The molecule has 0 aliphatic heterocycles. The van der Waals surface area contributed by atoms with E-state index in [2.05, 4.69) is 12.7 Å². The van der Waals surface area contributed by atoms with E-state index in [4.69, 9.17) is 5.11 Å². The zero-order valence-electron chi connectivity index (χ0n) is 10.4. The third-order valence-corrected chi connectivity index (χ3v) is 4.97. The Hall–Kier alpha value is -0.300. The monoisotopic (exact) mass is 222 g/mol. The van der Waals surface area contributed by atoms with Crippen LogP contribution < -0.4 is 0 Å². The van der Waals surface area contributed by atoms with Crippen LogP contribution in [0.1, 0.15) is 51.4 Å². The summed E-state index contributed by atoms with van der Waals surface area (Å²) >= 11 is 0. The zero-order valence-corrected chi connectivity index (χ0v) is 10.4. The van der Waals surface area contributed by atoms with E-state index in [0.717, 1.165) is 17.8 Å². The summed E-state index contributed by atoms with van der Waals surface area (Å²) in [5.74, 6) is 3.36. The Morgan fingerprint density at radius 2 is 1.38 bits per heavy atom. The summed E-state index contributed by atoms with van der Waals surface area (Å²) in [6, 6.07) is 0. The average molecular weight is 222 g/mol. The Balaban J connectivity index is 1.75. The Morgan fingerprint density at radius 1 is 0.875 bits per heavy atom. The van der Waals surface area contributed by atoms with Crippen molar-refractivity contribution in [2.75, 3.05) is 6.61 Å². The van der Waals surface area contributed by atoms with Crippen LogP contribution in [0.25, 0.3) is 0 Å². The number of allylic oxidation sites excluding steroid dienone is 1. The van der Waals surface area contributed by atoms with Crippen LogP contribution in [0.5, 0.6) is 0 Å². The molecule has 16 heavy (non-hydrogen) atoms. The van der Waals surface area contributed by atoms with Gasteiger partial charge in [-0.25, -0.2) is 0 Å². The normalized spacial score (nSPS) is 40.6. The number of rotatable bonds is 3. The van der Waals surface area contributed by atoms with Crippen LogP contribution >= 0.6 is 0 Å². The Kier molecular flexibility index (Phi) is 4.45. The van der Waals surface area contributed by atoms with E-state index in [1.54, 1.807) is 0 Å². The molecule has 2 aliphatic carbocycles. The minimum absolute atomic E-state index is 0.413. The van der Waals surface area contributed by atoms with Crippen molar-refractivity contribution in [3.63, 3.8) is 0 Å². The van der Waals surface area contributed by atoms with Gasteiger partial charge in [-0.15, -0.1) is 6.58 Å². The van der Waals surface area contributed by atoms with Gasteiger partial charge in [0.2, 0.25) is 0 Å². The first-order valence-electron chi connectivity index (χ1n) is 7.07. The highest BCUT2D eigenvalue weighted by molar-refractivity contribution is 4.87. The van der Waals surface area contributed by atoms with Crippen molar-refractivity contribution in [1.82, 2.24) is 0 Å². The maximum atomic E-state index is 9.14. The lowest BCUT2D eigenvalue weighted by atomic mass is 9.69. The van der Waals surface area contributed by atoms with Crippen molar-refractivity contribution >= 4 is 0 Å². The first kappa shape index (κ1) is 12.2. The smallest absolute Gasteiger partial charge is 0.0459 e. The summed E-state index contributed by atoms with van der Waals surface area (Å²) in [5.41, 5.74) is 0. The van der Waals surface area contributed by atoms with Crippen LogP contribution in [0.2, 0.25) is 0 Å². The molecule has 0 aromatic heterocycles. The van der Waals surface area contributed by atoms with Crippen molar-refractivity contribution in [3.8, 4) is 0 Å². The second-order valence-corrected chi connectivity index (χ2v) is 5.87. The van der Waals surface area contributed by atoms with Crippen LogP contribution in [0.4, 0.5) is 0 Å². The number of hydrogen-bond donors (Lipinski definition) is 1. The van der Waals surface area contributed by atoms with Crippen LogP contribution in [0, 0.1) is 23.7 Å². The summed E-state index contributed by atoms with van der Waals surface area (Å²) in [5, 5.41) is 9.14. The molecule has 0 atom stereocenters. The van der Waals surface area contributed by atoms with Gasteiger partial charge in [0.1, 0.15) is 0 Å². The minimum atomic E-state index is 0.413. The summed E-state index contributed by atoms with van der Waals surface area (Å²) in [6.45, 7) is 4.33. The van der Waals surface area contributed by atoms with E-state index < -0.39 is 0 Å². The SMILES string of the molecule is C=CC1CCC(C2CCC(CO)CC2)CC1. The Labute approximate surface area is 99.9 Å². The van der Waals surface area contributed by atoms with Crippen molar-refractivity contribution in [2.24, 2.45) is 23.7 Å². The predicted octanol–water partition coefficient (Wildman–Crippen LogP) is 3.78. The van der Waals surface area contributed by atoms with Gasteiger partial charge in [0.15, 0.2) is 0 Å². The fourth-order valence-corrected chi connectivity index (χ4v) is 3.69. The maximum Gasteiger partial charge on any atom is 0.0459 e. The van der Waals surface area contributed by atoms with Crippen LogP contribution in [-0.2, 0) is 0 Å². The van der Waals surface area contributed by atoms with E-state index >= 15 is 0 Å². The quantitative estimate of drug-likeness (QED) is 0.721. The largest absolute Gasteiger partial charge is 0.396 e. The van der Waals surface area contributed by atoms with E-state index in [9.17, 15) is 0 Å². The molecule has 1 N–H and O–H groups in total. The highest BCUT2D eigenvalue weighted by atomic mass is 16.3. The topological polar surface area (TPSA) is 20.2 Å². The molecule has 2 fully saturated rings.